The Kier molecular flexibility index (Phi) is 8.24. The summed E-state index contributed by atoms with van der Waals surface area (Å²) in [5, 5.41) is 14.2. The minimum atomic E-state index is -0.647. The van der Waals surface area contributed by atoms with E-state index < -0.39 is 16.5 Å². The second-order valence-electron chi connectivity index (χ2n) is 6.02. The van der Waals surface area contributed by atoms with Crippen molar-refractivity contribution >= 4 is 11.6 Å². The third-order valence-corrected chi connectivity index (χ3v) is 4.13. The molecule has 1 amide bonds. The van der Waals surface area contributed by atoms with Gasteiger partial charge < -0.3 is 29.0 Å². The van der Waals surface area contributed by atoms with Crippen LogP contribution in [-0.2, 0) is 11.3 Å². The summed E-state index contributed by atoms with van der Waals surface area (Å²) in [5.74, 6) is 0.832. The van der Waals surface area contributed by atoms with Crippen LogP contribution in [-0.4, -0.2) is 52.5 Å². The molecule has 10 heteroatoms. The van der Waals surface area contributed by atoms with E-state index in [1.165, 1.54) is 34.5 Å². The third kappa shape index (κ3) is 5.74. The zero-order valence-electron chi connectivity index (χ0n) is 17.2. The molecule has 0 saturated heterocycles. The summed E-state index contributed by atoms with van der Waals surface area (Å²) in [6.45, 7) is 0.578. The monoisotopic (exact) mass is 420 g/mol. The first kappa shape index (κ1) is 22.8. The van der Waals surface area contributed by atoms with Crippen molar-refractivity contribution in [2.75, 3.05) is 41.7 Å². The molecule has 2 rings (SSSR count). The smallest absolute Gasteiger partial charge is 0.286 e. The van der Waals surface area contributed by atoms with Crippen molar-refractivity contribution < 1.29 is 33.4 Å². The molecule has 30 heavy (non-hydrogen) atoms. The maximum atomic E-state index is 12.7. The maximum absolute atomic E-state index is 12.7. The Morgan fingerprint density at radius 1 is 0.933 bits per heavy atom. The number of nitrogens with one attached hydrogen (secondary N) is 1. The van der Waals surface area contributed by atoms with E-state index in [-0.39, 0.29) is 30.2 Å². The molecule has 162 valence electrons. The van der Waals surface area contributed by atoms with Gasteiger partial charge in [-0.3, -0.25) is 14.9 Å². The van der Waals surface area contributed by atoms with Crippen LogP contribution in [0.5, 0.6) is 23.0 Å². The highest BCUT2D eigenvalue weighted by Gasteiger charge is 2.24. The molecule has 0 unspecified atom stereocenters. The van der Waals surface area contributed by atoms with E-state index in [1.54, 1.807) is 18.2 Å². The average molecular weight is 420 g/mol. The van der Waals surface area contributed by atoms with Gasteiger partial charge in [-0.25, -0.2) is 0 Å². The van der Waals surface area contributed by atoms with Crippen molar-refractivity contribution in [3.8, 4) is 23.0 Å². The highest BCUT2D eigenvalue weighted by molar-refractivity contribution is 5.99. The van der Waals surface area contributed by atoms with Crippen LogP contribution in [0.3, 0.4) is 0 Å². The molecule has 1 N–H and O–H groups in total. The van der Waals surface area contributed by atoms with E-state index in [9.17, 15) is 14.9 Å². The van der Waals surface area contributed by atoms with E-state index in [0.717, 1.165) is 6.07 Å². The summed E-state index contributed by atoms with van der Waals surface area (Å²) < 4.78 is 26.0. The van der Waals surface area contributed by atoms with Gasteiger partial charge in [0.15, 0.2) is 11.5 Å². The molecule has 0 spiro atoms. The molecule has 0 aromatic heterocycles. The zero-order valence-corrected chi connectivity index (χ0v) is 17.2. The number of nitrogens with zero attached hydrogens (tertiary/aromatic N) is 1. The number of methoxy groups -OCH3 is 4. The van der Waals surface area contributed by atoms with Crippen LogP contribution in [0.2, 0.25) is 0 Å². The molecule has 10 nitrogen and oxygen atoms in total. The van der Waals surface area contributed by atoms with Gasteiger partial charge in [-0.1, -0.05) is 0 Å². The quantitative estimate of drug-likeness (QED) is 0.335. The van der Waals surface area contributed by atoms with Gasteiger partial charge in [-0.05, 0) is 17.7 Å². The van der Waals surface area contributed by atoms with Gasteiger partial charge >= 0.3 is 0 Å². The summed E-state index contributed by atoms with van der Waals surface area (Å²) >= 11 is 0. The molecule has 0 aliphatic rings. The Bertz CT molecular complexity index is 878. The maximum Gasteiger partial charge on any atom is 0.286 e. The summed E-state index contributed by atoms with van der Waals surface area (Å²) in [4.78, 5) is 23.6. The molecule has 0 bridgehead atoms. The standard InChI is InChI=1S/C20H24N2O8/c1-26-5-6-30-19-11-17(22(24)25)16(10-18(19)29-4)20(23)21-12-13-7-14(27-2)9-15(8-13)28-3/h7-11H,5-6,12H2,1-4H3,(H,21,23). The normalized spacial score (nSPS) is 10.3. The molecule has 2 aromatic rings. The van der Waals surface area contributed by atoms with Crippen LogP contribution in [0.25, 0.3) is 0 Å². The Balaban J connectivity index is 2.26. The number of rotatable bonds is 11. The molecular weight excluding hydrogens is 396 g/mol. The van der Waals surface area contributed by atoms with E-state index in [4.69, 9.17) is 23.7 Å². The molecule has 0 fully saturated rings. The molecule has 0 heterocycles. The largest absolute Gasteiger partial charge is 0.497 e. The predicted molar refractivity (Wildman–Crippen MR) is 108 cm³/mol. The van der Waals surface area contributed by atoms with Crippen molar-refractivity contribution in [1.82, 2.24) is 5.32 Å². The summed E-state index contributed by atoms with van der Waals surface area (Å²) in [5.41, 5.74) is 0.156. The third-order valence-electron chi connectivity index (χ3n) is 4.13. The minimum absolute atomic E-state index is 0.109. The highest BCUT2D eigenvalue weighted by Crippen LogP contribution is 2.35. The molecule has 0 saturated carbocycles. The Morgan fingerprint density at radius 3 is 2.13 bits per heavy atom. The Morgan fingerprint density at radius 2 is 1.60 bits per heavy atom. The van der Waals surface area contributed by atoms with E-state index >= 15 is 0 Å². The average Bonchev–Trinajstić information content (AvgIpc) is 2.76. The predicted octanol–water partition coefficient (Wildman–Crippen LogP) is 2.58. The first-order valence-corrected chi connectivity index (χ1v) is 8.91. The van der Waals surface area contributed by atoms with Crippen molar-refractivity contribution in [2.24, 2.45) is 0 Å². The molecule has 0 aliphatic heterocycles. The topological polar surface area (TPSA) is 118 Å². The number of ether oxygens (including phenoxy) is 5. The van der Waals surface area contributed by atoms with Crippen molar-refractivity contribution in [3.63, 3.8) is 0 Å². The lowest BCUT2D eigenvalue weighted by molar-refractivity contribution is -0.385. The van der Waals surface area contributed by atoms with Crippen LogP contribution in [0.15, 0.2) is 30.3 Å². The molecular formula is C20H24N2O8. The first-order chi connectivity index (χ1) is 14.4. The number of nitro benzene ring substituents is 1. The fourth-order valence-corrected chi connectivity index (χ4v) is 2.64. The molecule has 0 radical (unpaired) electrons. The van der Waals surface area contributed by atoms with Crippen LogP contribution in [0, 0.1) is 10.1 Å². The van der Waals surface area contributed by atoms with Gasteiger partial charge in [-0.2, -0.15) is 0 Å². The van der Waals surface area contributed by atoms with Crippen LogP contribution in [0.1, 0.15) is 15.9 Å². The highest BCUT2D eigenvalue weighted by atomic mass is 16.6. The summed E-state index contributed by atoms with van der Waals surface area (Å²) in [6.07, 6.45) is 0. The summed E-state index contributed by atoms with van der Waals surface area (Å²) in [7, 11) is 5.93. The fraction of sp³-hybridized carbons (Fsp3) is 0.350. The van der Waals surface area contributed by atoms with E-state index in [1.807, 2.05) is 0 Å². The van der Waals surface area contributed by atoms with Gasteiger partial charge in [-0.15, -0.1) is 0 Å². The van der Waals surface area contributed by atoms with Crippen LogP contribution < -0.4 is 24.3 Å². The molecule has 2 aromatic carbocycles. The van der Waals surface area contributed by atoms with Crippen molar-refractivity contribution in [1.29, 1.82) is 0 Å². The van der Waals surface area contributed by atoms with Gasteiger partial charge in [0.1, 0.15) is 23.7 Å². The SMILES string of the molecule is COCCOc1cc([N+](=O)[O-])c(C(=O)NCc2cc(OC)cc(OC)c2)cc1OC. The lowest BCUT2D eigenvalue weighted by Crippen LogP contribution is -2.24. The van der Waals surface area contributed by atoms with E-state index in [2.05, 4.69) is 5.32 Å². The van der Waals surface area contributed by atoms with E-state index in [0.29, 0.717) is 23.7 Å². The van der Waals surface area contributed by atoms with Gasteiger partial charge in [0, 0.05) is 25.8 Å². The number of nitro groups is 1. The number of carbonyl (C=O) groups excluding carboxylic acids is 1. The molecule has 0 aliphatic carbocycles. The number of hydrogen-bond donors (Lipinski definition) is 1. The second-order valence-corrected chi connectivity index (χ2v) is 6.02. The van der Waals surface area contributed by atoms with Gasteiger partial charge in [0.05, 0.1) is 38.9 Å². The zero-order chi connectivity index (χ0) is 22.1. The Labute approximate surface area is 173 Å². The lowest BCUT2D eigenvalue weighted by atomic mass is 10.1. The first-order valence-electron chi connectivity index (χ1n) is 8.91. The lowest BCUT2D eigenvalue weighted by Gasteiger charge is -2.13. The minimum Gasteiger partial charge on any atom is -0.497 e. The van der Waals surface area contributed by atoms with Gasteiger partial charge in [0.2, 0.25) is 0 Å². The number of carbonyl (C=O) groups is 1. The van der Waals surface area contributed by atoms with Gasteiger partial charge in [0.25, 0.3) is 11.6 Å². The van der Waals surface area contributed by atoms with Crippen molar-refractivity contribution in [3.05, 3.63) is 51.6 Å². The van der Waals surface area contributed by atoms with Crippen LogP contribution >= 0.6 is 0 Å². The Hall–Kier alpha value is -3.53. The summed E-state index contributed by atoms with van der Waals surface area (Å²) in [6, 6.07) is 7.60. The van der Waals surface area contributed by atoms with Crippen LogP contribution in [0.4, 0.5) is 5.69 Å². The number of benzene rings is 2. The molecule has 0 atom stereocenters. The second kappa shape index (κ2) is 10.9. The number of amides is 1. The fourth-order valence-electron chi connectivity index (χ4n) is 2.64. The number of hydrogen-bond acceptors (Lipinski definition) is 8. The van der Waals surface area contributed by atoms with Crippen molar-refractivity contribution in [2.45, 2.75) is 6.54 Å².